The lowest BCUT2D eigenvalue weighted by Gasteiger charge is -2.39. The van der Waals surface area contributed by atoms with Gasteiger partial charge in [-0.1, -0.05) is 60.7 Å². The molecule has 0 radical (unpaired) electrons. The third-order valence-corrected chi connectivity index (χ3v) is 7.66. The molecule has 3 aromatic rings. The summed E-state index contributed by atoms with van der Waals surface area (Å²) in [6.45, 7) is 8.53. The minimum absolute atomic E-state index is 0.186. The highest BCUT2D eigenvalue weighted by Gasteiger charge is 2.49. The van der Waals surface area contributed by atoms with Crippen LogP contribution in [-0.2, 0) is 29.0 Å². The average Bonchev–Trinajstić information content (AvgIpc) is 3.27. The van der Waals surface area contributed by atoms with Gasteiger partial charge in [0.25, 0.3) is 5.91 Å². The van der Waals surface area contributed by atoms with Crippen LogP contribution in [0, 0.1) is 20.8 Å². The maximum Gasteiger partial charge on any atom is 0.417 e. The number of cyclic esters (lactones) is 1. The molecule has 6 nitrogen and oxygen atoms in total. The number of benzene rings is 3. The lowest BCUT2D eigenvalue weighted by atomic mass is 9.86. The first-order valence-electron chi connectivity index (χ1n) is 12.8. The summed E-state index contributed by atoms with van der Waals surface area (Å²) in [6.07, 6.45) is 1.06. The molecule has 6 heteroatoms. The van der Waals surface area contributed by atoms with Gasteiger partial charge in [-0.05, 0) is 68.4 Å². The van der Waals surface area contributed by atoms with Crippen LogP contribution < -0.4 is 9.47 Å². The lowest BCUT2D eigenvalue weighted by molar-refractivity contribution is -0.146. The van der Waals surface area contributed by atoms with Crippen LogP contribution in [0.1, 0.15) is 46.7 Å². The topological polar surface area (TPSA) is 65.1 Å². The zero-order valence-corrected chi connectivity index (χ0v) is 21.9. The van der Waals surface area contributed by atoms with Crippen LogP contribution in [-0.4, -0.2) is 35.2 Å². The summed E-state index contributed by atoms with van der Waals surface area (Å²) >= 11 is 0. The van der Waals surface area contributed by atoms with Gasteiger partial charge in [-0.2, -0.15) is 0 Å². The Kier molecular flexibility index (Phi) is 6.67. The van der Waals surface area contributed by atoms with Crippen molar-refractivity contribution in [2.45, 2.75) is 65.2 Å². The Hall–Kier alpha value is -3.80. The molecule has 2 atom stereocenters. The molecule has 0 aliphatic carbocycles. The largest absolute Gasteiger partial charge is 0.488 e. The van der Waals surface area contributed by atoms with Crippen LogP contribution >= 0.6 is 0 Å². The van der Waals surface area contributed by atoms with Gasteiger partial charge in [-0.3, -0.25) is 4.79 Å². The van der Waals surface area contributed by atoms with E-state index in [0.29, 0.717) is 25.9 Å². The first-order chi connectivity index (χ1) is 17.8. The molecule has 37 heavy (non-hydrogen) atoms. The lowest BCUT2D eigenvalue weighted by Crippen LogP contribution is -2.55. The van der Waals surface area contributed by atoms with Gasteiger partial charge in [-0.15, -0.1) is 0 Å². The second-order valence-electron chi connectivity index (χ2n) is 10.2. The molecule has 1 saturated heterocycles. The number of amides is 2. The molecule has 2 aliphatic heterocycles. The smallest absolute Gasteiger partial charge is 0.417 e. The summed E-state index contributed by atoms with van der Waals surface area (Å²) < 4.78 is 18.1. The zero-order valence-electron chi connectivity index (χ0n) is 21.9. The maximum atomic E-state index is 13.8. The normalized spacial score (nSPS) is 20.7. The highest BCUT2D eigenvalue weighted by Crippen LogP contribution is 2.44. The van der Waals surface area contributed by atoms with Gasteiger partial charge >= 0.3 is 6.09 Å². The minimum atomic E-state index is -1.17. The van der Waals surface area contributed by atoms with Crippen molar-refractivity contribution in [3.8, 4) is 11.5 Å². The third kappa shape index (κ3) is 4.68. The van der Waals surface area contributed by atoms with Gasteiger partial charge in [0.05, 0.1) is 6.04 Å². The molecule has 2 aliphatic rings. The van der Waals surface area contributed by atoms with Crippen LogP contribution in [0.25, 0.3) is 0 Å². The van der Waals surface area contributed by atoms with E-state index in [2.05, 4.69) is 0 Å². The summed E-state index contributed by atoms with van der Waals surface area (Å²) in [5, 5.41) is 0. The molecule has 5 rings (SSSR count). The van der Waals surface area contributed by atoms with Crippen molar-refractivity contribution in [1.82, 2.24) is 4.90 Å². The predicted octanol–water partition coefficient (Wildman–Crippen LogP) is 5.86. The number of nitrogens with zero attached hydrogens (tertiary/aromatic N) is 1. The van der Waals surface area contributed by atoms with Gasteiger partial charge in [0.2, 0.25) is 0 Å². The Bertz CT molecular complexity index is 1320. The fourth-order valence-corrected chi connectivity index (χ4v) is 5.33. The Labute approximate surface area is 218 Å². The van der Waals surface area contributed by atoms with E-state index >= 15 is 0 Å². The zero-order chi connectivity index (χ0) is 26.2. The molecule has 0 spiro atoms. The predicted molar refractivity (Wildman–Crippen MR) is 141 cm³/mol. The van der Waals surface area contributed by atoms with Crippen molar-refractivity contribution in [2.24, 2.45) is 0 Å². The van der Waals surface area contributed by atoms with Crippen LogP contribution in [0.2, 0.25) is 0 Å². The number of carbonyl (C=O) groups excluding carboxylic acids is 2. The van der Waals surface area contributed by atoms with Crippen molar-refractivity contribution in [3.63, 3.8) is 0 Å². The van der Waals surface area contributed by atoms with E-state index in [1.807, 2.05) is 81.4 Å². The number of ether oxygens (including phenoxy) is 3. The molecule has 0 aromatic heterocycles. The Morgan fingerprint density at radius 2 is 1.62 bits per heavy atom. The van der Waals surface area contributed by atoms with E-state index in [9.17, 15) is 9.59 Å². The van der Waals surface area contributed by atoms with E-state index < -0.39 is 11.7 Å². The Morgan fingerprint density at radius 1 is 0.973 bits per heavy atom. The molecular formula is C31H33NO5. The molecule has 0 N–H and O–H groups in total. The van der Waals surface area contributed by atoms with Crippen LogP contribution in [0.15, 0.2) is 60.7 Å². The van der Waals surface area contributed by atoms with E-state index in [0.717, 1.165) is 44.9 Å². The van der Waals surface area contributed by atoms with Crippen molar-refractivity contribution in [3.05, 3.63) is 94.0 Å². The molecule has 0 saturated carbocycles. The van der Waals surface area contributed by atoms with Gasteiger partial charge in [0, 0.05) is 12.0 Å². The third-order valence-electron chi connectivity index (χ3n) is 7.66. The van der Waals surface area contributed by atoms with Crippen molar-refractivity contribution < 1.29 is 23.8 Å². The second kappa shape index (κ2) is 9.92. The minimum Gasteiger partial charge on any atom is -0.488 e. The Morgan fingerprint density at radius 3 is 2.30 bits per heavy atom. The molecular weight excluding hydrogens is 466 g/mol. The van der Waals surface area contributed by atoms with Gasteiger partial charge < -0.3 is 14.2 Å². The van der Waals surface area contributed by atoms with Crippen molar-refractivity contribution in [2.75, 3.05) is 6.61 Å². The molecule has 3 aromatic carbocycles. The molecule has 2 amide bonds. The SMILES string of the molecule is Cc1c(C)c2c(c(C)c1OCc1ccccc1)CC[C@@](C)(C(=O)N1C(=O)OC[C@H]1Cc1ccccc1)O2. The van der Waals surface area contributed by atoms with Crippen LogP contribution in [0.4, 0.5) is 4.79 Å². The standard InChI is InChI=1S/C31H33NO5/c1-20-21(2)28-26(22(3)27(20)35-18-24-13-9-6-10-14-24)15-16-31(4,37-28)29(33)32-25(19-36-30(32)34)17-23-11-7-5-8-12-23/h5-14,25H,15-19H2,1-4H3/t25-,31+/m1/s1. The highest BCUT2D eigenvalue weighted by molar-refractivity contribution is 5.98. The quantitative estimate of drug-likeness (QED) is 0.425. The summed E-state index contributed by atoms with van der Waals surface area (Å²) in [7, 11) is 0. The van der Waals surface area contributed by atoms with E-state index in [1.165, 1.54) is 4.90 Å². The average molecular weight is 500 g/mol. The van der Waals surface area contributed by atoms with Gasteiger partial charge in [0.1, 0.15) is 24.7 Å². The Balaban J connectivity index is 1.39. The molecule has 192 valence electrons. The number of hydrogen-bond donors (Lipinski definition) is 0. The van der Waals surface area contributed by atoms with Crippen LogP contribution in [0.3, 0.4) is 0 Å². The first kappa shape index (κ1) is 24.9. The number of rotatable bonds is 6. The molecule has 0 bridgehead atoms. The summed E-state index contributed by atoms with van der Waals surface area (Å²) in [6, 6.07) is 19.6. The number of hydrogen-bond acceptors (Lipinski definition) is 5. The number of imide groups is 1. The van der Waals surface area contributed by atoms with E-state index in [-0.39, 0.29) is 18.6 Å². The van der Waals surface area contributed by atoms with Crippen molar-refractivity contribution >= 4 is 12.0 Å². The van der Waals surface area contributed by atoms with E-state index in [1.54, 1.807) is 6.92 Å². The molecule has 0 unspecified atom stereocenters. The first-order valence-corrected chi connectivity index (χ1v) is 12.8. The number of carbonyl (C=O) groups is 2. The van der Waals surface area contributed by atoms with Crippen LogP contribution in [0.5, 0.6) is 11.5 Å². The second-order valence-corrected chi connectivity index (χ2v) is 10.2. The molecule has 2 heterocycles. The maximum absolute atomic E-state index is 13.8. The molecule has 1 fully saturated rings. The van der Waals surface area contributed by atoms with E-state index in [4.69, 9.17) is 14.2 Å². The monoisotopic (exact) mass is 499 g/mol. The van der Waals surface area contributed by atoms with Gasteiger partial charge in [0.15, 0.2) is 5.60 Å². The summed E-state index contributed by atoms with van der Waals surface area (Å²) in [5.41, 5.74) is 5.02. The van der Waals surface area contributed by atoms with Gasteiger partial charge in [-0.25, -0.2) is 9.69 Å². The summed E-state index contributed by atoms with van der Waals surface area (Å²) in [4.78, 5) is 27.8. The fraction of sp³-hybridized carbons (Fsp3) is 0.355. The fourth-order valence-electron chi connectivity index (χ4n) is 5.33. The van der Waals surface area contributed by atoms with Crippen molar-refractivity contribution in [1.29, 1.82) is 0 Å². The number of fused-ring (bicyclic) bond motifs is 1. The highest BCUT2D eigenvalue weighted by atomic mass is 16.6. The summed E-state index contributed by atoms with van der Waals surface area (Å²) in [5.74, 6) is 1.24.